The minimum Gasteiger partial charge on any atom is -0.378 e. The fourth-order valence-electron chi connectivity index (χ4n) is 2.23. The number of carbonyl (C=O) groups excluding carboxylic acids is 1. The Morgan fingerprint density at radius 1 is 1.35 bits per heavy atom. The van der Waals surface area contributed by atoms with Crippen molar-refractivity contribution in [2.75, 3.05) is 6.61 Å². The lowest BCUT2D eigenvalue weighted by molar-refractivity contribution is -0.0246. The molecule has 17 heavy (non-hydrogen) atoms. The van der Waals surface area contributed by atoms with Crippen LogP contribution in [0.15, 0.2) is 24.3 Å². The van der Waals surface area contributed by atoms with Crippen LogP contribution in [0.25, 0.3) is 0 Å². The molecule has 0 saturated heterocycles. The third-order valence-corrected chi connectivity index (χ3v) is 3.49. The second kappa shape index (κ2) is 5.65. The van der Waals surface area contributed by atoms with E-state index in [1.165, 1.54) is 0 Å². The summed E-state index contributed by atoms with van der Waals surface area (Å²) in [6, 6.07) is 7.11. The normalized spacial score (nSPS) is 23.2. The maximum absolute atomic E-state index is 11.9. The van der Waals surface area contributed by atoms with E-state index in [0.717, 1.165) is 25.0 Å². The second-order valence-electron chi connectivity index (χ2n) is 4.55. The summed E-state index contributed by atoms with van der Waals surface area (Å²) in [7, 11) is 0. The van der Waals surface area contributed by atoms with Gasteiger partial charge in [-0.2, -0.15) is 0 Å². The first kappa shape index (κ1) is 12.6. The van der Waals surface area contributed by atoms with Gasteiger partial charge in [-0.3, -0.25) is 4.79 Å². The highest BCUT2D eigenvalue weighted by atomic mass is 35.5. The number of ether oxygens (including phenoxy) is 1. The van der Waals surface area contributed by atoms with Crippen LogP contribution in [0.5, 0.6) is 0 Å². The summed E-state index contributed by atoms with van der Waals surface area (Å²) in [5, 5.41) is 0.668. The van der Waals surface area contributed by atoms with Gasteiger partial charge in [-0.25, -0.2) is 0 Å². The van der Waals surface area contributed by atoms with E-state index in [1.54, 1.807) is 24.3 Å². The Morgan fingerprint density at radius 3 is 2.59 bits per heavy atom. The monoisotopic (exact) mass is 252 g/mol. The van der Waals surface area contributed by atoms with Gasteiger partial charge in [0.15, 0.2) is 5.78 Å². The van der Waals surface area contributed by atoms with Gasteiger partial charge >= 0.3 is 0 Å². The van der Waals surface area contributed by atoms with Crippen LogP contribution >= 0.6 is 11.6 Å². The van der Waals surface area contributed by atoms with E-state index in [0.29, 0.717) is 23.5 Å². The highest BCUT2D eigenvalue weighted by Gasteiger charge is 2.31. The molecule has 92 valence electrons. The summed E-state index contributed by atoms with van der Waals surface area (Å²) >= 11 is 5.79. The standard InChI is InChI=1S/C14H17ClO2/c1-2-17-13-7-10(8-13)9-14(16)11-3-5-12(15)6-4-11/h3-6,10,13H,2,7-9H2,1H3. The topological polar surface area (TPSA) is 26.3 Å². The highest BCUT2D eigenvalue weighted by Crippen LogP contribution is 2.33. The van der Waals surface area contributed by atoms with E-state index in [2.05, 4.69) is 0 Å². The molecule has 0 N–H and O–H groups in total. The Balaban J connectivity index is 1.81. The minimum atomic E-state index is 0.210. The summed E-state index contributed by atoms with van der Waals surface area (Å²) < 4.78 is 5.48. The van der Waals surface area contributed by atoms with Crippen LogP contribution in [0.4, 0.5) is 0 Å². The minimum absolute atomic E-state index is 0.210. The van der Waals surface area contributed by atoms with Crippen molar-refractivity contribution in [2.45, 2.75) is 32.3 Å². The van der Waals surface area contributed by atoms with E-state index in [-0.39, 0.29) is 5.78 Å². The van der Waals surface area contributed by atoms with Gasteiger partial charge in [0.2, 0.25) is 0 Å². The average Bonchev–Trinajstić information content (AvgIpc) is 2.27. The van der Waals surface area contributed by atoms with Crippen molar-refractivity contribution in [3.63, 3.8) is 0 Å². The molecule has 2 nitrogen and oxygen atoms in total. The molecule has 0 radical (unpaired) electrons. The summed E-state index contributed by atoms with van der Waals surface area (Å²) in [5.74, 6) is 0.705. The molecule has 3 heteroatoms. The number of ketones is 1. The van der Waals surface area contributed by atoms with Crippen LogP contribution in [0.2, 0.25) is 5.02 Å². The Morgan fingerprint density at radius 2 is 2.00 bits per heavy atom. The fourth-order valence-corrected chi connectivity index (χ4v) is 2.35. The zero-order valence-electron chi connectivity index (χ0n) is 9.99. The lowest BCUT2D eigenvalue weighted by atomic mass is 9.78. The first-order chi connectivity index (χ1) is 8.19. The van der Waals surface area contributed by atoms with Crippen LogP contribution < -0.4 is 0 Å². The molecule has 0 spiro atoms. The molecular weight excluding hydrogens is 236 g/mol. The van der Waals surface area contributed by atoms with E-state index in [4.69, 9.17) is 16.3 Å². The molecule has 1 aliphatic carbocycles. The van der Waals surface area contributed by atoms with Crippen molar-refractivity contribution in [1.29, 1.82) is 0 Å². The Hall–Kier alpha value is -0.860. The average molecular weight is 253 g/mol. The van der Waals surface area contributed by atoms with Crippen molar-refractivity contribution >= 4 is 17.4 Å². The van der Waals surface area contributed by atoms with Crippen LogP contribution in [0, 0.1) is 5.92 Å². The predicted octanol–water partition coefficient (Wildman–Crippen LogP) is 3.73. The van der Waals surface area contributed by atoms with Gasteiger partial charge < -0.3 is 4.74 Å². The summed E-state index contributed by atoms with van der Waals surface area (Å²) in [6.45, 7) is 2.77. The Bertz CT molecular complexity index is 380. The molecule has 0 atom stereocenters. The summed E-state index contributed by atoms with van der Waals surface area (Å²) in [4.78, 5) is 11.9. The number of hydrogen-bond donors (Lipinski definition) is 0. The highest BCUT2D eigenvalue weighted by molar-refractivity contribution is 6.30. The first-order valence-corrected chi connectivity index (χ1v) is 6.47. The van der Waals surface area contributed by atoms with E-state index in [1.807, 2.05) is 6.92 Å². The van der Waals surface area contributed by atoms with Gasteiger partial charge in [0.1, 0.15) is 0 Å². The summed E-state index contributed by atoms with van der Waals surface area (Å²) in [6.07, 6.45) is 3.05. The molecule has 0 heterocycles. The number of hydrogen-bond acceptors (Lipinski definition) is 2. The van der Waals surface area contributed by atoms with Gasteiger partial charge in [0, 0.05) is 23.6 Å². The Labute approximate surface area is 107 Å². The molecule has 1 saturated carbocycles. The van der Waals surface area contributed by atoms with Crippen molar-refractivity contribution in [1.82, 2.24) is 0 Å². The lowest BCUT2D eigenvalue weighted by Gasteiger charge is -2.34. The predicted molar refractivity (Wildman–Crippen MR) is 68.5 cm³/mol. The number of Topliss-reactive ketones (excluding diaryl/α,β-unsaturated/α-hetero) is 1. The third kappa shape index (κ3) is 3.30. The summed E-state index contributed by atoms with van der Waals surface area (Å²) in [5.41, 5.74) is 0.759. The number of carbonyl (C=O) groups is 1. The van der Waals surface area contributed by atoms with Crippen LogP contribution in [-0.2, 0) is 4.74 Å². The zero-order chi connectivity index (χ0) is 12.3. The molecule has 0 aromatic heterocycles. The first-order valence-electron chi connectivity index (χ1n) is 6.09. The zero-order valence-corrected chi connectivity index (χ0v) is 10.7. The molecule has 0 bridgehead atoms. The Kier molecular flexibility index (Phi) is 4.19. The lowest BCUT2D eigenvalue weighted by Crippen LogP contribution is -2.32. The molecule has 1 aromatic rings. The van der Waals surface area contributed by atoms with Crippen LogP contribution in [-0.4, -0.2) is 18.5 Å². The maximum Gasteiger partial charge on any atom is 0.163 e. The number of rotatable bonds is 5. The van der Waals surface area contributed by atoms with Crippen LogP contribution in [0.3, 0.4) is 0 Å². The molecule has 0 aliphatic heterocycles. The van der Waals surface area contributed by atoms with E-state index >= 15 is 0 Å². The van der Waals surface area contributed by atoms with Gasteiger partial charge in [-0.15, -0.1) is 0 Å². The smallest absolute Gasteiger partial charge is 0.163 e. The van der Waals surface area contributed by atoms with Crippen molar-refractivity contribution in [2.24, 2.45) is 5.92 Å². The van der Waals surface area contributed by atoms with Crippen LogP contribution in [0.1, 0.15) is 36.5 Å². The van der Waals surface area contributed by atoms with Gasteiger partial charge in [-0.1, -0.05) is 11.6 Å². The third-order valence-electron chi connectivity index (χ3n) is 3.24. The van der Waals surface area contributed by atoms with Gasteiger partial charge in [0.25, 0.3) is 0 Å². The fraction of sp³-hybridized carbons (Fsp3) is 0.500. The second-order valence-corrected chi connectivity index (χ2v) is 4.99. The number of halogens is 1. The number of benzene rings is 1. The largest absolute Gasteiger partial charge is 0.378 e. The van der Waals surface area contributed by atoms with Gasteiger partial charge in [0.05, 0.1) is 6.10 Å². The maximum atomic E-state index is 11.9. The molecule has 0 amide bonds. The molecule has 1 aliphatic rings. The SMILES string of the molecule is CCOC1CC(CC(=O)c2ccc(Cl)cc2)C1. The van der Waals surface area contributed by atoms with E-state index < -0.39 is 0 Å². The van der Waals surface area contributed by atoms with Crippen molar-refractivity contribution in [3.05, 3.63) is 34.9 Å². The van der Waals surface area contributed by atoms with Crippen molar-refractivity contribution in [3.8, 4) is 0 Å². The molecule has 2 rings (SSSR count). The quantitative estimate of drug-likeness (QED) is 0.747. The van der Waals surface area contributed by atoms with Crippen molar-refractivity contribution < 1.29 is 9.53 Å². The molecule has 1 fully saturated rings. The van der Waals surface area contributed by atoms with E-state index in [9.17, 15) is 4.79 Å². The molecule has 0 unspecified atom stereocenters. The van der Waals surface area contributed by atoms with Gasteiger partial charge in [-0.05, 0) is 49.9 Å². The molecule has 1 aromatic carbocycles. The molecular formula is C14H17ClO2.